The molecule has 4 rings (SSSR count). The van der Waals surface area contributed by atoms with Gasteiger partial charge in [0.05, 0.1) is 15.5 Å². The van der Waals surface area contributed by atoms with Crippen molar-refractivity contribution in [2.24, 2.45) is 0 Å². The Morgan fingerprint density at radius 3 is 2.58 bits per heavy atom. The number of carbonyl (C=O) groups is 1. The SMILES string of the molecule is Cc1csc(Sc2ccc(C(=O)N3CCN(c4ccccc4F)CC3)cc2[N+](=O)[O-])n1. The summed E-state index contributed by atoms with van der Waals surface area (Å²) in [5, 5.41) is 13.5. The Bertz CT molecular complexity index is 1130. The molecule has 0 spiro atoms. The van der Waals surface area contributed by atoms with Crippen molar-refractivity contribution in [2.45, 2.75) is 16.2 Å². The van der Waals surface area contributed by atoms with E-state index in [2.05, 4.69) is 4.98 Å². The Morgan fingerprint density at radius 2 is 1.94 bits per heavy atom. The molecule has 0 radical (unpaired) electrons. The van der Waals surface area contributed by atoms with Crippen LogP contribution in [-0.2, 0) is 0 Å². The normalized spacial score (nSPS) is 14.0. The summed E-state index contributed by atoms with van der Waals surface area (Å²) in [4.78, 5) is 32.4. The van der Waals surface area contributed by atoms with E-state index in [1.165, 1.54) is 35.2 Å². The number of nitro benzene ring substituents is 1. The van der Waals surface area contributed by atoms with Gasteiger partial charge in [0.2, 0.25) is 0 Å². The van der Waals surface area contributed by atoms with E-state index in [9.17, 15) is 19.3 Å². The first kappa shape index (κ1) is 21.3. The van der Waals surface area contributed by atoms with Gasteiger partial charge >= 0.3 is 0 Å². The molecule has 7 nitrogen and oxygen atoms in total. The van der Waals surface area contributed by atoms with Gasteiger partial charge in [0.25, 0.3) is 11.6 Å². The second kappa shape index (κ2) is 9.03. The molecule has 31 heavy (non-hydrogen) atoms. The summed E-state index contributed by atoms with van der Waals surface area (Å²) in [7, 11) is 0. The van der Waals surface area contributed by atoms with Gasteiger partial charge in [-0.3, -0.25) is 14.9 Å². The lowest BCUT2D eigenvalue weighted by atomic mass is 10.1. The first-order valence-electron chi connectivity index (χ1n) is 9.59. The van der Waals surface area contributed by atoms with Crippen molar-refractivity contribution in [3.8, 4) is 0 Å². The molecule has 0 saturated carbocycles. The lowest BCUT2D eigenvalue weighted by Gasteiger charge is -2.36. The molecule has 0 aliphatic carbocycles. The van der Waals surface area contributed by atoms with Crippen molar-refractivity contribution in [2.75, 3.05) is 31.1 Å². The highest BCUT2D eigenvalue weighted by Gasteiger charge is 2.26. The monoisotopic (exact) mass is 458 g/mol. The number of rotatable bonds is 5. The molecule has 1 aliphatic rings. The molecule has 0 atom stereocenters. The number of anilines is 1. The van der Waals surface area contributed by atoms with Gasteiger partial charge in [0.15, 0.2) is 4.34 Å². The van der Waals surface area contributed by atoms with E-state index in [0.717, 1.165) is 5.69 Å². The zero-order valence-electron chi connectivity index (χ0n) is 16.7. The quantitative estimate of drug-likeness (QED) is 0.410. The average Bonchev–Trinajstić information content (AvgIpc) is 3.18. The average molecular weight is 459 g/mol. The third-order valence-electron chi connectivity index (χ3n) is 4.96. The molecule has 1 amide bonds. The molecule has 1 fully saturated rings. The van der Waals surface area contributed by atoms with E-state index in [1.54, 1.807) is 35.2 Å². The Hall–Kier alpha value is -2.98. The number of hydrogen-bond acceptors (Lipinski definition) is 7. The van der Waals surface area contributed by atoms with Gasteiger partial charge in [-0.2, -0.15) is 0 Å². The highest BCUT2D eigenvalue weighted by atomic mass is 32.2. The molecule has 3 aromatic rings. The van der Waals surface area contributed by atoms with Crippen molar-refractivity contribution in [1.29, 1.82) is 0 Å². The summed E-state index contributed by atoms with van der Waals surface area (Å²) in [5.41, 5.74) is 1.53. The fourth-order valence-electron chi connectivity index (χ4n) is 3.39. The Kier molecular flexibility index (Phi) is 6.19. The van der Waals surface area contributed by atoms with E-state index in [0.29, 0.717) is 41.1 Å². The molecule has 0 N–H and O–H groups in total. The number of amides is 1. The molecule has 0 bridgehead atoms. The zero-order valence-corrected chi connectivity index (χ0v) is 18.3. The van der Waals surface area contributed by atoms with Gasteiger partial charge in [-0.25, -0.2) is 9.37 Å². The molecule has 1 saturated heterocycles. The second-order valence-corrected chi connectivity index (χ2v) is 9.17. The van der Waals surface area contributed by atoms with E-state index in [-0.39, 0.29) is 23.0 Å². The van der Waals surface area contributed by atoms with Gasteiger partial charge < -0.3 is 9.80 Å². The van der Waals surface area contributed by atoms with Crippen molar-refractivity contribution in [1.82, 2.24) is 9.88 Å². The summed E-state index contributed by atoms with van der Waals surface area (Å²) in [6, 6.07) is 11.1. The third-order valence-corrected chi connectivity index (χ3v) is 7.08. The van der Waals surface area contributed by atoms with Crippen LogP contribution >= 0.6 is 23.1 Å². The van der Waals surface area contributed by atoms with Crippen LogP contribution in [0.5, 0.6) is 0 Å². The Morgan fingerprint density at radius 1 is 1.19 bits per heavy atom. The van der Waals surface area contributed by atoms with Crippen molar-refractivity contribution in [3.63, 3.8) is 0 Å². The van der Waals surface area contributed by atoms with Crippen LogP contribution in [0.15, 0.2) is 57.1 Å². The minimum atomic E-state index is -0.476. The molecule has 2 heterocycles. The van der Waals surface area contributed by atoms with Gasteiger partial charge in [-0.05, 0) is 31.2 Å². The molecule has 160 valence electrons. The molecule has 0 unspecified atom stereocenters. The molecule has 2 aromatic carbocycles. The minimum Gasteiger partial charge on any atom is -0.366 e. The first-order valence-corrected chi connectivity index (χ1v) is 11.3. The van der Waals surface area contributed by atoms with Crippen LogP contribution in [0.1, 0.15) is 16.1 Å². The summed E-state index contributed by atoms with van der Waals surface area (Å²) in [6.07, 6.45) is 0. The second-order valence-electron chi connectivity index (χ2n) is 7.03. The number of para-hydroxylation sites is 1. The largest absolute Gasteiger partial charge is 0.366 e. The number of halogens is 1. The van der Waals surface area contributed by atoms with Crippen LogP contribution in [0.25, 0.3) is 0 Å². The van der Waals surface area contributed by atoms with E-state index in [4.69, 9.17) is 0 Å². The van der Waals surface area contributed by atoms with E-state index < -0.39 is 4.92 Å². The lowest BCUT2D eigenvalue weighted by Crippen LogP contribution is -2.49. The van der Waals surface area contributed by atoms with Gasteiger partial charge in [0, 0.05) is 48.9 Å². The van der Waals surface area contributed by atoms with E-state index >= 15 is 0 Å². The molecule has 1 aliphatic heterocycles. The molecule has 1 aromatic heterocycles. The number of nitrogens with zero attached hydrogens (tertiary/aromatic N) is 4. The smallest absolute Gasteiger partial charge is 0.284 e. The van der Waals surface area contributed by atoms with Gasteiger partial charge in [0.1, 0.15) is 5.82 Å². The number of piperazine rings is 1. The predicted molar refractivity (Wildman–Crippen MR) is 119 cm³/mol. The van der Waals surface area contributed by atoms with Crippen LogP contribution in [0, 0.1) is 22.9 Å². The van der Waals surface area contributed by atoms with Crippen LogP contribution in [0.4, 0.5) is 15.8 Å². The number of thiazole rings is 1. The van der Waals surface area contributed by atoms with Crippen LogP contribution in [0.2, 0.25) is 0 Å². The molecular weight excluding hydrogens is 439 g/mol. The maximum atomic E-state index is 14.0. The minimum absolute atomic E-state index is 0.117. The first-order chi connectivity index (χ1) is 14.9. The van der Waals surface area contributed by atoms with Crippen LogP contribution in [0.3, 0.4) is 0 Å². The van der Waals surface area contributed by atoms with Crippen molar-refractivity contribution < 1.29 is 14.1 Å². The van der Waals surface area contributed by atoms with Crippen molar-refractivity contribution in [3.05, 3.63) is 75.0 Å². The third kappa shape index (κ3) is 4.70. The van der Waals surface area contributed by atoms with E-state index in [1.807, 2.05) is 17.2 Å². The number of aryl methyl sites for hydroxylation is 1. The standard InChI is InChI=1S/C21H19FN4O3S2/c1-14-13-30-21(23-14)31-19-7-6-15(12-18(19)26(28)29)20(27)25-10-8-24(9-11-25)17-5-3-2-4-16(17)22/h2-7,12-13H,8-11H2,1H3. The lowest BCUT2D eigenvalue weighted by molar-refractivity contribution is -0.387. The molecule has 10 heteroatoms. The van der Waals surface area contributed by atoms with Crippen LogP contribution in [-0.4, -0.2) is 46.9 Å². The van der Waals surface area contributed by atoms with Crippen molar-refractivity contribution >= 4 is 40.4 Å². The molecular formula is C21H19FN4O3S2. The zero-order chi connectivity index (χ0) is 22.0. The maximum absolute atomic E-state index is 14.0. The number of aromatic nitrogens is 1. The fourth-order valence-corrected chi connectivity index (χ4v) is 5.27. The topological polar surface area (TPSA) is 79.6 Å². The summed E-state index contributed by atoms with van der Waals surface area (Å²) in [6.45, 7) is 3.67. The number of carbonyl (C=O) groups excluding carboxylic acids is 1. The van der Waals surface area contributed by atoms with Gasteiger partial charge in [-0.15, -0.1) is 11.3 Å². The number of hydrogen-bond donors (Lipinski definition) is 0. The Labute approximate surface area is 186 Å². The number of nitro groups is 1. The summed E-state index contributed by atoms with van der Waals surface area (Å²) >= 11 is 2.64. The van der Waals surface area contributed by atoms with Crippen LogP contribution < -0.4 is 4.90 Å². The highest BCUT2D eigenvalue weighted by Crippen LogP contribution is 2.37. The summed E-state index contributed by atoms with van der Waals surface area (Å²) in [5.74, 6) is -0.556. The Balaban J connectivity index is 1.48. The fraction of sp³-hybridized carbons (Fsp3) is 0.238. The van der Waals surface area contributed by atoms with Gasteiger partial charge in [-0.1, -0.05) is 23.9 Å². The summed E-state index contributed by atoms with van der Waals surface area (Å²) < 4.78 is 14.7. The maximum Gasteiger partial charge on any atom is 0.284 e. The number of benzene rings is 2. The highest BCUT2D eigenvalue weighted by molar-refractivity contribution is 8.01. The predicted octanol–water partition coefficient (Wildman–Crippen LogP) is 4.61.